The van der Waals surface area contributed by atoms with Crippen LogP contribution < -0.4 is 5.73 Å². The molecule has 2 N–H and O–H groups in total. The molecule has 1 unspecified atom stereocenters. The molecule has 1 aliphatic rings. The van der Waals surface area contributed by atoms with Gasteiger partial charge in [-0.15, -0.1) is 0 Å². The molecule has 1 atom stereocenters. The van der Waals surface area contributed by atoms with Crippen molar-refractivity contribution in [2.24, 2.45) is 5.73 Å². The molecule has 1 aromatic carbocycles. The Balaban J connectivity index is 1.74. The lowest BCUT2D eigenvalue weighted by Crippen LogP contribution is -2.30. The molecular formula is C15H19BrN4O. The summed E-state index contributed by atoms with van der Waals surface area (Å²) in [5.74, 6) is 1.11. The molecule has 1 aromatic heterocycles. The molecule has 1 fully saturated rings. The summed E-state index contributed by atoms with van der Waals surface area (Å²) in [6.07, 6.45) is 2.50. The minimum Gasteiger partial charge on any atom is -0.334 e. The van der Waals surface area contributed by atoms with Crippen LogP contribution in [0.1, 0.15) is 30.3 Å². The maximum Gasteiger partial charge on any atom is 0.257 e. The Hall–Kier alpha value is -1.24. The molecule has 0 spiro atoms. The van der Waals surface area contributed by atoms with Crippen molar-refractivity contribution < 1.29 is 4.52 Å². The van der Waals surface area contributed by atoms with E-state index in [9.17, 15) is 0 Å². The summed E-state index contributed by atoms with van der Waals surface area (Å²) in [6, 6.07) is 5.77. The van der Waals surface area contributed by atoms with Gasteiger partial charge in [0.15, 0.2) is 5.82 Å². The van der Waals surface area contributed by atoms with E-state index in [1.807, 2.05) is 25.1 Å². The third kappa shape index (κ3) is 3.33. The summed E-state index contributed by atoms with van der Waals surface area (Å²) in [6.45, 7) is 5.05. The molecule has 1 aliphatic heterocycles. The minimum atomic E-state index is -0.197. The third-order valence-corrected chi connectivity index (χ3v) is 4.72. The van der Waals surface area contributed by atoms with Gasteiger partial charge in [0.1, 0.15) is 0 Å². The summed E-state index contributed by atoms with van der Waals surface area (Å²) in [5.41, 5.74) is 8.24. The zero-order valence-corrected chi connectivity index (χ0v) is 13.6. The van der Waals surface area contributed by atoms with Crippen LogP contribution in [0.3, 0.4) is 0 Å². The van der Waals surface area contributed by atoms with E-state index in [4.69, 9.17) is 10.3 Å². The van der Waals surface area contributed by atoms with Crippen molar-refractivity contribution in [1.82, 2.24) is 15.0 Å². The van der Waals surface area contributed by atoms with Gasteiger partial charge in [-0.05, 0) is 56.6 Å². The molecule has 2 aromatic rings. The summed E-state index contributed by atoms with van der Waals surface area (Å²) in [4.78, 5) is 6.80. The molecule has 5 nitrogen and oxygen atoms in total. The van der Waals surface area contributed by atoms with Crippen molar-refractivity contribution >= 4 is 15.9 Å². The Kier molecular flexibility index (Phi) is 4.37. The Labute approximate surface area is 132 Å². The highest BCUT2D eigenvalue weighted by molar-refractivity contribution is 9.10. The van der Waals surface area contributed by atoms with Gasteiger partial charge in [-0.25, -0.2) is 0 Å². The zero-order valence-electron chi connectivity index (χ0n) is 12.1. The fraction of sp³-hybridized carbons (Fsp3) is 0.467. The average Bonchev–Trinajstić information content (AvgIpc) is 3.12. The lowest BCUT2D eigenvalue weighted by molar-refractivity contribution is 0.306. The first-order valence-electron chi connectivity index (χ1n) is 7.21. The molecule has 21 heavy (non-hydrogen) atoms. The second-order valence-electron chi connectivity index (χ2n) is 5.54. The molecule has 6 heteroatoms. The van der Waals surface area contributed by atoms with Gasteiger partial charge in [-0.1, -0.05) is 21.1 Å². The molecule has 0 amide bonds. The van der Waals surface area contributed by atoms with Crippen LogP contribution >= 0.6 is 15.9 Å². The highest BCUT2D eigenvalue weighted by atomic mass is 79.9. The molecular weight excluding hydrogens is 332 g/mol. The summed E-state index contributed by atoms with van der Waals surface area (Å²) in [7, 11) is 0. The van der Waals surface area contributed by atoms with E-state index in [-0.39, 0.29) is 6.04 Å². The van der Waals surface area contributed by atoms with E-state index >= 15 is 0 Å². The maximum absolute atomic E-state index is 6.19. The highest BCUT2D eigenvalue weighted by Gasteiger charge is 2.20. The predicted molar refractivity (Wildman–Crippen MR) is 84.8 cm³/mol. The monoisotopic (exact) mass is 350 g/mol. The van der Waals surface area contributed by atoms with Gasteiger partial charge >= 0.3 is 0 Å². The second-order valence-corrected chi connectivity index (χ2v) is 6.39. The van der Waals surface area contributed by atoms with Gasteiger partial charge in [-0.2, -0.15) is 4.98 Å². The van der Waals surface area contributed by atoms with Crippen LogP contribution in [0.15, 0.2) is 27.2 Å². The van der Waals surface area contributed by atoms with Crippen LogP contribution in [0.25, 0.3) is 11.5 Å². The first kappa shape index (κ1) is 14.7. The number of benzene rings is 1. The maximum atomic E-state index is 6.19. The van der Waals surface area contributed by atoms with Crippen molar-refractivity contribution in [2.45, 2.75) is 25.8 Å². The van der Waals surface area contributed by atoms with Crippen molar-refractivity contribution in [1.29, 1.82) is 0 Å². The van der Waals surface area contributed by atoms with E-state index in [0.29, 0.717) is 11.7 Å². The number of hydrogen-bond donors (Lipinski definition) is 1. The minimum absolute atomic E-state index is 0.197. The van der Waals surface area contributed by atoms with Crippen LogP contribution in [-0.4, -0.2) is 34.7 Å². The van der Waals surface area contributed by atoms with E-state index in [0.717, 1.165) is 35.2 Å². The normalized spacial score (nSPS) is 17.3. The lowest BCUT2D eigenvalue weighted by Gasteiger charge is -2.17. The number of hydrogen-bond acceptors (Lipinski definition) is 5. The van der Waals surface area contributed by atoms with Crippen molar-refractivity contribution in [3.05, 3.63) is 34.1 Å². The SMILES string of the molecule is Cc1cc(-c2nc(C(N)CN3CCCC3)no2)ccc1Br. The molecule has 112 valence electrons. The number of rotatable bonds is 4. The second kappa shape index (κ2) is 6.25. The van der Waals surface area contributed by atoms with Crippen LogP contribution in [0.5, 0.6) is 0 Å². The Morgan fingerprint density at radius 2 is 2.14 bits per heavy atom. The zero-order chi connectivity index (χ0) is 14.8. The molecule has 0 saturated carbocycles. The topological polar surface area (TPSA) is 68.2 Å². The Morgan fingerprint density at radius 1 is 1.38 bits per heavy atom. The van der Waals surface area contributed by atoms with Gasteiger partial charge < -0.3 is 15.2 Å². The van der Waals surface area contributed by atoms with E-state index in [1.54, 1.807) is 0 Å². The lowest BCUT2D eigenvalue weighted by atomic mass is 10.1. The number of aryl methyl sites for hydroxylation is 1. The van der Waals surface area contributed by atoms with Crippen LogP contribution in [0.2, 0.25) is 0 Å². The van der Waals surface area contributed by atoms with Gasteiger partial charge in [-0.3, -0.25) is 0 Å². The van der Waals surface area contributed by atoms with Crippen molar-refractivity contribution in [2.75, 3.05) is 19.6 Å². The van der Waals surface area contributed by atoms with Gasteiger partial charge in [0.05, 0.1) is 6.04 Å². The number of halogens is 1. The highest BCUT2D eigenvalue weighted by Crippen LogP contribution is 2.24. The summed E-state index contributed by atoms with van der Waals surface area (Å²) < 4.78 is 6.42. The number of nitrogens with zero attached hydrogens (tertiary/aromatic N) is 3. The van der Waals surface area contributed by atoms with Crippen molar-refractivity contribution in [3.63, 3.8) is 0 Å². The Bertz CT molecular complexity index is 622. The quantitative estimate of drug-likeness (QED) is 0.917. The first-order chi connectivity index (χ1) is 10.1. The molecule has 3 rings (SSSR count). The summed E-state index contributed by atoms with van der Waals surface area (Å²) in [5, 5.41) is 4.04. The van der Waals surface area contributed by atoms with Crippen LogP contribution in [0.4, 0.5) is 0 Å². The summed E-state index contributed by atoms with van der Waals surface area (Å²) >= 11 is 3.49. The molecule has 1 saturated heterocycles. The van der Waals surface area contributed by atoms with Gasteiger partial charge in [0.2, 0.25) is 0 Å². The van der Waals surface area contributed by atoms with Gasteiger partial charge in [0, 0.05) is 16.6 Å². The average molecular weight is 351 g/mol. The Morgan fingerprint density at radius 3 is 2.86 bits per heavy atom. The van der Waals surface area contributed by atoms with E-state index < -0.39 is 0 Å². The number of likely N-dealkylation sites (tertiary alicyclic amines) is 1. The fourth-order valence-electron chi connectivity index (χ4n) is 2.61. The number of nitrogens with two attached hydrogens (primary N) is 1. The molecule has 0 bridgehead atoms. The van der Waals surface area contributed by atoms with Crippen molar-refractivity contribution in [3.8, 4) is 11.5 Å². The third-order valence-electron chi connectivity index (χ3n) is 3.83. The van der Waals surface area contributed by atoms with Crippen LogP contribution in [-0.2, 0) is 0 Å². The smallest absolute Gasteiger partial charge is 0.257 e. The molecule has 2 heterocycles. The standard InChI is InChI=1S/C15H19BrN4O/c1-10-8-11(4-5-12(10)16)15-18-14(19-21-15)13(17)9-20-6-2-3-7-20/h4-5,8,13H,2-3,6-7,9,17H2,1H3. The van der Waals surface area contributed by atoms with Gasteiger partial charge in [0.25, 0.3) is 5.89 Å². The fourth-order valence-corrected chi connectivity index (χ4v) is 2.85. The first-order valence-corrected chi connectivity index (χ1v) is 8.01. The number of aromatic nitrogens is 2. The molecule has 0 aliphatic carbocycles. The van der Waals surface area contributed by atoms with E-state index in [1.165, 1.54) is 12.8 Å². The van der Waals surface area contributed by atoms with Crippen LogP contribution in [0, 0.1) is 6.92 Å². The molecule has 0 radical (unpaired) electrons. The van der Waals surface area contributed by atoms with E-state index in [2.05, 4.69) is 31.0 Å². The largest absolute Gasteiger partial charge is 0.334 e. The predicted octanol–water partition coefficient (Wildman–Crippen LogP) is 2.90.